The normalized spacial score (nSPS) is 25.9. The molecule has 3 heteroatoms. The van der Waals surface area contributed by atoms with Crippen LogP contribution in [0.5, 0.6) is 0 Å². The van der Waals surface area contributed by atoms with Gasteiger partial charge >= 0.3 is 0 Å². The van der Waals surface area contributed by atoms with Crippen LogP contribution in [0.3, 0.4) is 0 Å². The van der Waals surface area contributed by atoms with Gasteiger partial charge in [0.15, 0.2) is 0 Å². The third kappa shape index (κ3) is 3.68. The lowest BCUT2D eigenvalue weighted by atomic mass is 9.71. The molecule has 2 fully saturated rings. The Balaban J connectivity index is 1.52. The molecule has 0 aromatic heterocycles. The Labute approximate surface area is 151 Å². The molecule has 1 aliphatic carbocycles. The summed E-state index contributed by atoms with van der Waals surface area (Å²) in [5.74, 6) is -0.142. The second kappa shape index (κ2) is 6.51. The average Bonchev–Trinajstić information content (AvgIpc) is 2.56. The minimum atomic E-state index is -0.142. The largest absolute Gasteiger partial charge is 0.316 e. The molecule has 2 nitrogen and oxygen atoms in total. The van der Waals surface area contributed by atoms with Gasteiger partial charge in [0.25, 0.3) is 0 Å². The van der Waals surface area contributed by atoms with Crippen molar-refractivity contribution < 1.29 is 4.39 Å². The predicted octanol–water partition coefficient (Wildman–Crippen LogP) is 4.47. The number of benzene rings is 1. The molecule has 2 aliphatic heterocycles. The summed E-state index contributed by atoms with van der Waals surface area (Å²) in [4.78, 5) is 2.65. The lowest BCUT2D eigenvalue weighted by molar-refractivity contribution is 0.0590. The molecule has 1 N–H and O–H groups in total. The summed E-state index contributed by atoms with van der Waals surface area (Å²) in [6, 6.07) is 7.15. The molecule has 4 rings (SSSR count). The number of nitrogens with zero attached hydrogens (tertiary/aromatic N) is 1. The Hall–Kier alpha value is -1.19. The minimum absolute atomic E-state index is 0.142. The van der Waals surface area contributed by atoms with Gasteiger partial charge in [0.05, 0.1) is 0 Å². The molecule has 1 aromatic carbocycles. The van der Waals surface area contributed by atoms with E-state index in [1.807, 2.05) is 12.1 Å². The van der Waals surface area contributed by atoms with Crippen molar-refractivity contribution in [2.75, 3.05) is 32.7 Å². The zero-order valence-electron chi connectivity index (χ0n) is 15.7. The Morgan fingerprint density at radius 2 is 1.72 bits per heavy atom. The summed E-state index contributed by atoms with van der Waals surface area (Å²) in [6.07, 6.45) is 6.22. The predicted molar refractivity (Wildman–Crippen MR) is 102 cm³/mol. The fourth-order valence-electron chi connectivity index (χ4n) is 4.75. The van der Waals surface area contributed by atoms with Crippen LogP contribution in [-0.2, 0) is 0 Å². The van der Waals surface area contributed by atoms with Gasteiger partial charge in [0.1, 0.15) is 5.82 Å². The Bertz CT molecular complexity index is 645. The van der Waals surface area contributed by atoms with Gasteiger partial charge in [-0.15, -0.1) is 0 Å². The molecule has 0 radical (unpaired) electrons. The number of halogens is 1. The third-order valence-corrected chi connectivity index (χ3v) is 6.71. The van der Waals surface area contributed by atoms with Crippen LogP contribution in [0, 0.1) is 16.6 Å². The Kier molecular flexibility index (Phi) is 4.49. The van der Waals surface area contributed by atoms with Crippen LogP contribution in [0.2, 0.25) is 0 Å². The molecule has 25 heavy (non-hydrogen) atoms. The van der Waals surface area contributed by atoms with E-state index in [-0.39, 0.29) is 5.82 Å². The SMILES string of the molecule is CC1(C)CCC(CN2CCC3(CC2)CNC3)=C(c2ccc(F)cc2)C1. The van der Waals surface area contributed by atoms with E-state index in [1.54, 1.807) is 17.7 Å². The van der Waals surface area contributed by atoms with Crippen molar-refractivity contribution in [3.05, 3.63) is 41.2 Å². The summed E-state index contributed by atoms with van der Waals surface area (Å²) in [6.45, 7) is 10.7. The van der Waals surface area contributed by atoms with Crippen molar-refractivity contribution in [1.82, 2.24) is 10.2 Å². The van der Waals surface area contributed by atoms with Crippen LogP contribution in [0.4, 0.5) is 4.39 Å². The van der Waals surface area contributed by atoms with Crippen molar-refractivity contribution in [3.63, 3.8) is 0 Å². The van der Waals surface area contributed by atoms with Crippen molar-refractivity contribution in [1.29, 1.82) is 0 Å². The Morgan fingerprint density at radius 3 is 2.32 bits per heavy atom. The lowest BCUT2D eigenvalue weighted by Gasteiger charge is -2.48. The number of allylic oxidation sites excluding steroid dienone is 1. The maximum absolute atomic E-state index is 13.4. The summed E-state index contributed by atoms with van der Waals surface area (Å²) < 4.78 is 13.4. The maximum Gasteiger partial charge on any atom is 0.123 e. The van der Waals surface area contributed by atoms with Crippen molar-refractivity contribution in [2.45, 2.75) is 46.0 Å². The number of hydrogen-bond acceptors (Lipinski definition) is 2. The number of likely N-dealkylation sites (tertiary alicyclic amines) is 1. The minimum Gasteiger partial charge on any atom is -0.316 e. The van der Waals surface area contributed by atoms with Crippen LogP contribution in [0.1, 0.15) is 51.5 Å². The molecular weight excluding hydrogens is 311 g/mol. The summed E-state index contributed by atoms with van der Waals surface area (Å²) in [5, 5.41) is 3.45. The van der Waals surface area contributed by atoms with Gasteiger partial charge < -0.3 is 5.32 Å². The zero-order valence-corrected chi connectivity index (χ0v) is 15.7. The topological polar surface area (TPSA) is 15.3 Å². The molecular formula is C22H31FN2. The molecule has 1 spiro atoms. The molecule has 1 aromatic rings. The van der Waals surface area contributed by atoms with E-state index in [9.17, 15) is 4.39 Å². The highest BCUT2D eigenvalue weighted by Crippen LogP contribution is 2.43. The summed E-state index contributed by atoms with van der Waals surface area (Å²) in [5.41, 5.74) is 5.24. The van der Waals surface area contributed by atoms with Gasteiger partial charge in [0.2, 0.25) is 0 Å². The molecule has 0 saturated carbocycles. The Morgan fingerprint density at radius 1 is 1.04 bits per heavy atom. The van der Waals surface area contributed by atoms with Gasteiger partial charge in [-0.2, -0.15) is 0 Å². The maximum atomic E-state index is 13.4. The molecule has 0 unspecified atom stereocenters. The summed E-state index contributed by atoms with van der Waals surface area (Å²) in [7, 11) is 0. The van der Waals surface area contributed by atoms with E-state index in [0.717, 1.165) is 13.0 Å². The van der Waals surface area contributed by atoms with Crippen LogP contribution in [0.15, 0.2) is 29.8 Å². The van der Waals surface area contributed by atoms with E-state index in [0.29, 0.717) is 10.8 Å². The number of hydrogen-bond donors (Lipinski definition) is 1. The molecule has 2 heterocycles. The van der Waals surface area contributed by atoms with Crippen LogP contribution in [0.25, 0.3) is 5.57 Å². The van der Waals surface area contributed by atoms with Crippen molar-refractivity contribution in [2.24, 2.45) is 10.8 Å². The molecule has 3 aliphatic rings. The molecule has 0 amide bonds. The highest BCUT2D eigenvalue weighted by Gasteiger charge is 2.39. The van der Waals surface area contributed by atoms with E-state index in [2.05, 4.69) is 24.1 Å². The monoisotopic (exact) mass is 342 g/mol. The highest BCUT2D eigenvalue weighted by atomic mass is 19.1. The number of piperidine rings is 1. The molecule has 136 valence electrons. The van der Waals surface area contributed by atoms with Gasteiger partial charge in [0, 0.05) is 19.6 Å². The van der Waals surface area contributed by atoms with Crippen LogP contribution >= 0.6 is 0 Å². The van der Waals surface area contributed by atoms with Gasteiger partial charge in [-0.25, -0.2) is 4.39 Å². The van der Waals surface area contributed by atoms with Crippen LogP contribution < -0.4 is 5.32 Å². The first-order chi connectivity index (χ1) is 11.9. The first kappa shape index (κ1) is 17.2. The van der Waals surface area contributed by atoms with E-state index in [1.165, 1.54) is 63.0 Å². The van der Waals surface area contributed by atoms with Crippen molar-refractivity contribution in [3.8, 4) is 0 Å². The standard InChI is InChI=1S/C22H31FN2/c1-21(2)8-7-18(20(13-21)17-3-5-19(23)6-4-17)14-25-11-9-22(10-12-25)15-24-16-22/h3-6,24H,7-16H2,1-2H3. The zero-order chi connectivity index (χ0) is 17.5. The van der Waals surface area contributed by atoms with Crippen LogP contribution in [-0.4, -0.2) is 37.6 Å². The van der Waals surface area contributed by atoms with Gasteiger partial charge in [-0.1, -0.05) is 31.6 Å². The molecule has 2 saturated heterocycles. The quantitative estimate of drug-likeness (QED) is 0.871. The summed E-state index contributed by atoms with van der Waals surface area (Å²) >= 11 is 0. The van der Waals surface area contributed by atoms with E-state index >= 15 is 0 Å². The van der Waals surface area contributed by atoms with E-state index in [4.69, 9.17) is 0 Å². The van der Waals surface area contributed by atoms with E-state index < -0.39 is 0 Å². The number of rotatable bonds is 3. The second-order valence-corrected chi connectivity index (χ2v) is 9.31. The first-order valence-electron chi connectivity index (χ1n) is 9.85. The average molecular weight is 343 g/mol. The lowest BCUT2D eigenvalue weighted by Crippen LogP contribution is -2.58. The first-order valence-corrected chi connectivity index (χ1v) is 9.85. The second-order valence-electron chi connectivity index (χ2n) is 9.31. The van der Waals surface area contributed by atoms with Gasteiger partial charge in [-0.3, -0.25) is 4.90 Å². The smallest absolute Gasteiger partial charge is 0.123 e. The fourth-order valence-corrected chi connectivity index (χ4v) is 4.75. The van der Waals surface area contributed by atoms with Crippen molar-refractivity contribution >= 4 is 5.57 Å². The molecule has 0 bridgehead atoms. The number of nitrogens with one attached hydrogen (secondary N) is 1. The highest BCUT2D eigenvalue weighted by molar-refractivity contribution is 5.70. The van der Waals surface area contributed by atoms with Gasteiger partial charge in [-0.05, 0) is 79.3 Å². The fraction of sp³-hybridized carbons (Fsp3) is 0.636. The molecule has 0 atom stereocenters. The third-order valence-electron chi connectivity index (χ3n) is 6.71.